The SMILES string of the molecule is CC(OC(=O)C1NNC2CCCCC21)C(=O)c1ccccc1. The number of rotatable bonds is 4. The zero-order chi connectivity index (χ0) is 15.5. The first-order valence-electron chi connectivity index (χ1n) is 7.97. The predicted molar refractivity (Wildman–Crippen MR) is 82.1 cm³/mol. The molecule has 22 heavy (non-hydrogen) atoms. The summed E-state index contributed by atoms with van der Waals surface area (Å²) in [6, 6.07) is 8.92. The Hall–Kier alpha value is -1.72. The van der Waals surface area contributed by atoms with Crippen molar-refractivity contribution in [2.45, 2.75) is 50.8 Å². The first-order chi connectivity index (χ1) is 10.7. The summed E-state index contributed by atoms with van der Waals surface area (Å²) in [6.45, 7) is 1.63. The van der Waals surface area contributed by atoms with Crippen LogP contribution >= 0.6 is 0 Å². The molecule has 1 aliphatic carbocycles. The maximum atomic E-state index is 12.4. The van der Waals surface area contributed by atoms with Crippen molar-refractivity contribution in [1.82, 2.24) is 10.9 Å². The van der Waals surface area contributed by atoms with E-state index in [0.29, 0.717) is 11.6 Å². The molecule has 0 aromatic heterocycles. The van der Waals surface area contributed by atoms with E-state index in [0.717, 1.165) is 19.3 Å². The molecular weight excluding hydrogens is 280 g/mol. The molecule has 1 aliphatic heterocycles. The molecular formula is C17H22N2O3. The van der Waals surface area contributed by atoms with Gasteiger partial charge < -0.3 is 4.74 Å². The van der Waals surface area contributed by atoms with Crippen LogP contribution in [-0.2, 0) is 9.53 Å². The van der Waals surface area contributed by atoms with Crippen LogP contribution in [-0.4, -0.2) is 29.9 Å². The minimum atomic E-state index is -0.764. The molecule has 4 atom stereocenters. The van der Waals surface area contributed by atoms with Gasteiger partial charge in [-0.25, -0.2) is 5.43 Å². The van der Waals surface area contributed by atoms with Gasteiger partial charge in [-0.15, -0.1) is 0 Å². The topological polar surface area (TPSA) is 67.4 Å². The van der Waals surface area contributed by atoms with E-state index in [1.165, 1.54) is 6.42 Å². The molecule has 1 aromatic rings. The van der Waals surface area contributed by atoms with Crippen LogP contribution in [0.4, 0.5) is 0 Å². The number of esters is 1. The summed E-state index contributed by atoms with van der Waals surface area (Å²) >= 11 is 0. The van der Waals surface area contributed by atoms with Crippen LogP contribution in [0.1, 0.15) is 43.0 Å². The lowest BCUT2D eigenvalue weighted by Crippen LogP contribution is -2.42. The Bertz CT molecular complexity index is 546. The smallest absolute Gasteiger partial charge is 0.325 e. The lowest BCUT2D eigenvalue weighted by Gasteiger charge is -2.26. The highest BCUT2D eigenvalue weighted by atomic mass is 16.5. The Morgan fingerprint density at radius 1 is 1.14 bits per heavy atom. The molecule has 1 saturated carbocycles. The molecule has 1 aromatic carbocycles. The van der Waals surface area contributed by atoms with Crippen LogP contribution in [0, 0.1) is 5.92 Å². The number of nitrogens with one attached hydrogen (secondary N) is 2. The molecule has 1 saturated heterocycles. The zero-order valence-corrected chi connectivity index (χ0v) is 12.7. The summed E-state index contributed by atoms with van der Waals surface area (Å²) in [5, 5.41) is 0. The molecule has 0 amide bonds. The van der Waals surface area contributed by atoms with Crippen LogP contribution in [0.25, 0.3) is 0 Å². The highest BCUT2D eigenvalue weighted by Gasteiger charge is 2.42. The zero-order valence-electron chi connectivity index (χ0n) is 12.7. The van der Waals surface area contributed by atoms with Gasteiger partial charge in [-0.2, -0.15) is 0 Å². The standard InChI is InChI=1S/C17H22N2O3/c1-11(16(20)12-7-3-2-4-8-12)22-17(21)15-13-9-5-6-10-14(13)18-19-15/h2-4,7-8,11,13-15,18-19H,5-6,9-10H2,1H3. The molecule has 4 unspecified atom stereocenters. The average molecular weight is 302 g/mol. The molecule has 5 nitrogen and oxygen atoms in total. The summed E-state index contributed by atoms with van der Waals surface area (Å²) in [5.74, 6) is -0.237. The second-order valence-electron chi connectivity index (χ2n) is 6.13. The van der Waals surface area contributed by atoms with Gasteiger partial charge in [0.25, 0.3) is 0 Å². The van der Waals surface area contributed by atoms with Gasteiger partial charge in [-0.1, -0.05) is 43.2 Å². The van der Waals surface area contributed by atoms with Gasteiger partial charge in [0, 0.05) is 17.5 Å². The number of carbonyl (C=O) groups excluding carboxylic acids is 2. The van der Waals surface area contributed by atoms with Crippen molar-refractivity contribution in [3.8, 4) is 0 Å². The van der Waals surface area contributed by atoms with Crippen molar-refractivity contribution in [3.05, 3.63) is 35.9 Å². The first kappa shape index (κ1) is 15.2. The van der Waals surface area contributed by atoms with Gasteiger partial charge in [0.05, 0.1) is 0 Å². The monoisotopic (exact) mass is 302 g/mol. The van der Waals surface area contributed by atoms with Gasteiger partial charge >= 0.3 is 5.97 Å². The van der Waals surface area contributed by atoms with Crippen LogP contribution < -0.4 is 10.9 Å². The number of fused-ring (bicyclic) bond motifs is 1. The van der Waals surface area contributed by atoms with Gasteiger partial charge in [0.2, 0.25) is 5.78 Å². The number of Topliss-reactive ketones (excluding diaryl/α,β-unsaturated/α-hetero) is 1. The third-order valence-corrected chi connectivity index (χ3v) is 4.65. The average Bonchev–Trinajstić information content (AvgIpc) is 2.99. The van der Waals surface area contributed by atoms with E-state index >= 15 is 0 Å². The maximum absolute atomic E-state index is 12.4. The molecule has 118 valence electrons. The molecule has 0 radical (unpaired) electrons. The van der Waals surface area contributed by atoms with E-state index in [4.69, 9.17) is 4.74 Å². The molecule has 0 spiro atoms. The van der Waals surface area contributed by atoms with E-state index in [-0.39, 0.29) is 23.7 Å². The third-order valence-electron chi connectivity index (χ3n) is 4.65. The molecule has 3 rings (SSSR count). The fourth-order valence-corrected chi connectivity index (χ4v) is 3.41. The minimum absolute atomic E-state index is 0.167. The van der Waals surface area contributed by atoms with Crippen molar-refractivity contribution in [3.63, 3.8) is 0 Å². The lowest BCUT2D eigenvalue weighted by molar-refractivity contribution is -0.149. The number of benzene rings is 1. The lowest BCUT2D eigenvalue weighted by atomic mass is 9.82. The Labute approximate surface area is 130 Å². The van der Waals surface area contributed by atoms with Gasteiger partial charge in [0.15, 0.2) is 6.10 Å². The van der Waals surface area contributed by atoms with Crippen LogP contribution in [0.15, 0.2) is 30.3 Å². The first-order valence-corrected chi connectivity index (χ1v) is 7.97. The van der Waals surface area contributed by atoms with E-state index in [1.54, 1.807) is 31.2 Å². The summed E-state index contributed by atoms with van der Waals surface area (Å²) in [7, 11) is 0. The van der Waals surface area contributed by atoms with E-state index in [9.17, 15) is 9.59 Å². The summed E-state index contributed by atoms with van der Waals surface area (Å²) < 4.78 is 5.41. The Morgan fingerprint density at radius 3 is 2.64 bits per heavy atom. The number of hydrogen-bond acceptors (Lipinski definition) is 5. The number of hydrazine groups is 1. The number of carbonyl (C=O) groups is 2. The molecule has 2 fully saturated rings. The largest absolute Gasteiger partial charge is 0.453 e. The molecule has 1 heterocycles. The van der Waals surface area contributed by atoms with Crippen molar-refractivity contribution in [2.75, 3.05) is 0 Å². The van der Waals surface area contributed by atoms with Crippen LogP contribution in [0.3, 0.4) is 0 Å². The Kier molecular flexibility index (Phi) is 4.55. The number of ketones is 1. The normalized spacial score (nSPS) is 28.7. The summed E-state index contributed by atoms with van der Waals surface area (Å²) in [4.78, 5) is 24.6. The maximum Gasteiger partial charge on any atom is 0.325 e. The highest BCUT2D eigenvalue weighted by molar-refractivity contribution is 6.00. The summed E-state index contributed by atoms with van der Waals surface area (Å²) in [5.41, 5.74) is 6.80. The van der Waals surface area contributed by atoms with Gasteiger partial charge in [-0.05, 0) is 19.8 Å². The highest BCUT2D eigenvalue weighted by Crippen LogP contribution is 2.30. The molecule has 0 bridgehead atoms. The van der Waals surface area contributed by atoms with E-state index in [1.807, 2.05) is 6.07 Å². The second-order valence-corrected chi connectivity index (χ2v) is 6.13. The minimum Gasteiger partial charge on any atom is -0.453 e. The van der Waals surface area contributed by atoms with Crippen molar-refractivity contribution in [2.24, 2.45) is 5.92 Å². The Balaban J connectivity index is 1.60. The predicted octanol–water partition coefficient (Wildman–Crippen LogP) is 1.84. The van der Waals surface area contributed by atoms with Crippen LogP contribution in [0.5, 0.6) is 0 Å². The quantitative estimate of drug-likeness (QED) is 0.656. The number of ether oxygens (including phenoxy) is 1. The van der Waals surface area contributed by atoms with Crippen molar-refractivity contribution in [1.29, 1.82) is 0 Å². The fraction of sp³-hybridized carbons (Fsp3) is 0.529. The van der Waals surface area contributed by atoms with Crippen molar-refractivity contribution < 1.29 is 14.3 Å². The molecule has 5 heteroatoms. The summed E-state index contributed by atoms with van der Waals surface area (Å²) in [6.07, 6.45) is 3.68. The fourth-order valence-electron chi connectivity index (χ4n) is 3.41. The second kappa shape index (κ2) is 6.58. The van der Waals surface area contributed by atoms with Crippen LogP contribution in [0.2, 0.25) is 0 Å². The molecule has 2 aliphatic rings. The van der Waals surface area contributed by atoms with Crippen molar-refractivity contribution >= 4 is 11.8 Å². The van der Waals surface area contributed by atoms with E-state index < -0.39 is 6.10 Å². The van der Waals surface area contributed by atoms with Gasteiger partial charge in [-0.3, -0.25) is 15.0 Å². The molecule has 2 N–H and O–H groups in total. The Morgan fingerprint density at radius 2 is 1.86 bits per heavy atom. The van der Waals surface area contributed by atoms with E-state index in [2.05, 4.69) is 10.9 Å². The van der Waals surface area contributed by atoms with Gasteiger partial charge in [0.1, 0.15) is 6.04 Å². The number of hydrogen-bond donors (Lipinski definition) is 2. The third kappa shape index (κ3) is 3.05.